The predicted octanol–water partition coefficient (Wildman–Crippen LogP) is 6.37. The van der Waals surface area contributed by atoms with Gasteiger partial charge in [0.25, 0.3) is 0 Å². The zero-order valence-corrected chi connectivity index (χ0v) is 18.2. The molecular formula is C25H25NO3S. The molecule has 1 aromatic heterocycles. The largest absolute Gasteiger partial charge is 0.462 e. The molecule has 0 saturated heterocycles. The van der Waals surface area contributed by atoms with Gasteiger partial charge in [0.2, 0.25) is 5.91 Å². The number of ether oxygens (including phenoxy) is 1. The molecule has 0 spiro atoms. The van der Waals surface area contributed by atoms with Crippen LogP contribution >= 0.6 is 11.3 Å². The van der Waals surface area contributed by atoms with Crippen LogP contribution in [0.2, 0.25) is 0 Å². The van der Waals surface area contributed by atoms with Crippen LogP contribution in [0.3, 0.4) is 0 Å². The van der Waals surface area contributed by atoms with Gasteiger partial charge in [-0.3, -0.25) is 4.79 Å². The quantitative estimate of drug-likeness (QED) is 0.358. The summed E-state index contributed by atoms with van der Waals surface area (Å²) < 4.78 is 5.26. The lowest BCUT2D eigenvalue weighted by atomic mass is 9.98. The number of anilines is 1. The number of hydrogen-bond donors (Lipinski definition) is 1. The summed E-state index contributed by atoms with van der Waals surface area (Å²) in [7, 11) is 0. The molecule has 0 radical (unpaired) electrons. The van der Waals surface area contributed by atoms with Crippen LogP contribution in [0.1, 0.15) is 48.2 Å². The molecule has 3 rings (SSSR count). The molecular weight excluding hydrogens is 394 g/mol. The monoisotopic (exact) mass is 419 g/mol. The van der Waals surface area contributed by atoms with Crippen LogP contribution in [0.4, 0.5) is 5.00 Å². The van der Waals surface area contributed by atoms with E-state index in [1.807, 2.05) is 47.8 Å². The molecule has 1 heterocycles. The summed E-state index contributed by atoms with van der Waals surface area (Å²) in [4.78, 5) is 25.1. The van der Waals surface area contributed by atoms with E-state index in [0.29, 0.717) is 16.5 Å². The Balaban J connectivity index is 1.88. The third-order valence-electron chi connectivity index (χ3n) is 4.62. The Morgan fingerprint density at radius 3 is 2.40 bits per heavy atom. The molecule has 0 bridgehead atoms. The smallest absolute Gasteiger partial charge is 0.341 e. The second-order valence-corrected chi connectivity index (χ2v) is 7.96. The fraction of sp³-hybridized carbons (Fsp3) is 0.200. The van der Waals surface area contributed by atoms with Gasteiger partial charge in [-0.25, -0.2) is 4.79 Å². The molecule has 0 fully saturated rings. The molecule has 0 atom stereocenters. The third kappa shape index (κ3) is 5.24. The van der Waals surface area contributed by atoms with Gasteiger partial charge < -0.3 is 10.1 Å². The SMILES string of the molecule is CCOC(=O)c1c(-c2ccc(C(C)C)cc2)csc1NC(=O)/C=C/c1ccccc1. The Morgan fingerprint density at radius 1 is 1.07 bits per heavy atom. The van der Waals surface area contributed by atoms with Crippen molar-refractivity contribution < 1.29 is 14.3 Å². The molecule has 0 aliphatic carbocycles. The highest BCUT2D eigenvalue weighted by molar-refractivity contribution is 7.15. The van der Waals surface area contributed by atoms with Gasteiger partial charge in [-0.05, 0) is 35.6 Å². The van der Waals surface area contributed by atoms with Crippen molar-refractivity contribution in [1.29, 1.82) is 0 Å². The van der Waals surface area contributed by atoms with Crippen molar-refractivity contribution in [3.05, 3.63) is 82.7 Å². The molecule has 1 amide bonds. The zero-order chi connectivity index (χ0) is 21.5. The molecule has 2 aromatic carbocycles. The number of rotatable bonds is 7. The van der Waals surface area contributed by atoms with Crippen molar-refractivity contribution >= 4 is 34.3 Å². The zero-order valence-electron chi connectivity index (χ0n) is 17.3. The van der Waals surface area contributed by atoms with Gasteiger partial charge in [0.05, 0.1) is 6.61 Å². The summed E-state index contributed by atoms with van der Waals surface area (Å²) >= 11 is 1.32. The fourth-order valence-electron chi connectivity index (χ4n) is 3.01. The first-order valence-electron chi connectivity index (χ1n) is 9.92. The highest BCUT2D eigenvalue weighted by atomic mass is 32.1. The Morgan fingerprint density at radius 2 is 1.77 bits per heavy atom. The number of hydrogen-bond acceptors (Lipinski definition) is 4. The number of benzene rings is 2. The van der Waals surface area contributed by atoms with Gasteiger partial charge in [-0.2, -0.15) is 0 Å². The average molecular weight is 420 g/mol. The number of esters is 1. The van der Waals surface area contributed by atoms with Gasteiger partial charge in [0, 0.05) is 17.0 Å². The summed E-state index contributed by atoms with van der Waals surface area (Å²) in [5.74, 6) is -0.311. The highest BCUT2D eigenvalue weighted by Gasteiger charge is 2.22. The molecule has 154 valence electrons. The number of nitrogens with one attached hydrogen (secondary N) is 1. The minimum Gasteiger partial charge on any atom is -0.462 e. The maximum Gasteiger partial charge on any atom is 0.341 e. The molecule has 0 aliphatic heterocycles. The summed E-state index contributed by atoms with van der Waals surface area (Å²) in [5.41, 5.74) is 4.22. The van der Waals surface area contributed by atoms with Crippen LogP contribution < -0.4 is 5.32 Å². The van der Waals surface area contributed by atoms with Gasteiger partial charge in [0.1, 0.15) is 10.6 Å². The van der Waals surface area contributed by atoms with Crippen molar-refractivity contribution in [3.63, 3.8) is 0 Å². The number of carbonyl (C=O) groups is 2. The molecule has 0 aliphatic rings. The number of carbonyl (C=O) groups excluding carboxylic acids is 2. The molecule has 0 saturated carbocycles. The molecule has 5 heteroatoms. The van der Waals surface area contributed by atoms with Crippen molar-refractivity contribution in [2.24, 2.45) is 0 Å². The van der Waals surface area contributed by atoms with E-state index >= 15 is 0 Å². The van der Waals surface area contributed by atoms with Crippen LogP contribution in [0, 0.1) is 0 Å². The fourth-order valence-corrected chi connectivity index (χ4v) is 3.97. The second-order valence-electron chi connectivity index (χ2n) is 7.08. The normalized spacial score (nSPS) is 11.1. The molecule has 3 aromatic rings. The van der Waals surface area contributed by atoms with Crippen LogP contribution in [-0.4, -0.2) is 18.5 Å². The van der Waals surface area contributed by atoms with Crippen LogP contribution in [-0.2, 0) is 9.53 Å². The van der Waals surface area contributed by atoms with E-state index in [2.05, 4.69) is 31.3 Å². The van der Waals surface area contributed by atoms with Gasteiger partial charge in [-0.15, -0.1) is 11.3 Å². The molecule has 0 unspecified atom stereocenters. The Hall–Kier alpha value is -3.18. The number of thiophene rings is 1. The molecule has 1 N–H and O–H groups in total. The minimum absolute atomic E-state index is 0.266. The predicted molar refractivity (Wildman–Crippen MR) is 124 cm³/mol. The van der Waals surface area contributed by atoms with E-state index in [-0.39, 0.29) is 12.5 Å². The summed E-state index contributed by atoms with van der Waals surface area (Å²) in [6.07, 6.45) is 3.19. The second kappa shape index (κ2) is 10.0. The first kappa shape index (κ1) is 21.5. The first-order chi connectivity index (χ1) is 14.5. The van der Waals surface area contributed by atoms with E-state index < -0.39 is 5.97 Å². The standard InChI is InChI=1S/C25H25NO3S/c1-4-29-25(28)23-21(20-13-11-19(12-14-20)17(2)3)16-30-24(23)26-22(27)15-10-18-8-6-5-7-9-18/h5-17H,4H2,1-3H3,(H,26,27)/b15-10+. The van der Waals surface area contributed by atoms with E-state index in [9.17, 15) is 9.59 Å². The lowest BCUT2D eigenvalue weighted by Crippen LogP contribution is -2.12. The van der Waals surface area contributed by atoms with Gasteiger partial charge >= 0.3 is 5.97 Å². The Kier molecular flexibility index (Phi) is 7.20. The average Bonchev–Trinajstić information content (AvgIpc) is 3.16. The van der Waals surface area contributed by atoms with Crippen LogP contribution in [0.25, 0.3) is 17.2 Å². The summed E-state index contributed by atoms with van der Waals surface area (Å²) in [5, 5.41) is 5.20. The van der Waals surface area contributed by atoms with E-state index in [1.165, 1.54) is 23.0 Å². The lowest BCUT2D eigenvalue weighted by molar-refractivity contribution is -0.111. The summed E-state index contributed by atoms with van der Waals surface area (Å²) in [6.45, 7) is 6.31. The maximum atomic E-state index is 12.7. The lowest BCUT2D eigenvalue weighted by Gasteiger charge is -2.09. The van der Waals surface area contributed by atoms with Gasteiger partial charge in [0.15, 0.2) is 0 Å². The van der Waals surface area contributed by atoms with Crippen LogP contribution in [0.15, 0.2) is 66.1 Å². The van der Waals surface area contributed by atoms with Gasteiger partial charge in [-0.1, -0.05) is 68.4 Å². The van der Waals surface area contributed by atoms with Crippen molar-refractivity contribution in [1.82, 2.24) is 0 Å². The molecule has 30 heavy (non-hydrogen) atoms. The van der Waals surface area contributed by atoms with E-state index in [4.69, 9.17) is 4.74 Å². The van der Waals surface area contributed by atoms with E-state index in [0.717, 1.165) is 16.7 Å². The number of amides is 1. The summed E-state index contributed by atoms with van der Waals surface area (Å²) in [6, 6.07) is 17.7. The van der Waals surface area contributed by atoms with Crippen molar-refractivity contribution in [3.8, 4) is 11.1 Å². The topological polar surface area (TPSA) is 55.4 Å². The first-order valence-corrected chi connectivity index (χ1v) is 10.8. The minimum atomic E-state index is -0.441. The van der Waals surface area contributed by atoms with Crippen LogP contribution in [0.5, 0.6) is 0 Å². The highest BCUT2D eigenvalue weighted by Crippen LogP contribution is 2.36. The molecule has 4 nitrogen and oxygen atoms in total. The Bertz CT molecular complexity index is 1030. The third-order valence-corrected chi connectivity index (χ3v) is 5.52. The van der Waals surface area contributed by atoms with Crippen molar-refractivity contribution in [2.75, 3.05) is 11.9 Å². The Labute approximate surface area is 181 Å². The van der Waals surface area contributed by atoms with Crippen molar-refractivity contribution in [2.45, 2.75) is 26.7 Å². The maximum absolute atomic E-state index is 12.7. The van der Waals surface area contributed by atoms with E-state index in [1.54, 1.807) is 13.0 Å².